The van der Waals surface area contributed by atoms with Crippen molar-refractivity contribution in [2.24, 2.45) is 0 Å². The Hall–Kier alpha value is -3.45. The summed E-state index contributed by atoms with van der Waals surface area (Å²) in [7, 11) is 0. The molecule has 0 radical (unpaired) electrons. The van der Waals surface area contributed by atoms with Crippen molar-refractivity contribution in [1.82, 2.24) is 9.30 Å². The first-order chi connectivity index (χ1) is 16.5. The number of fused-ring (bicyclic) bond motifs is 2. The zero-order valence-electron chi connectivity index (χ0n) is 19.9. The molecule has 1 aromatic carbocycles. The average molecular weight is 463 g/mol. The molecule has 34 heavy (non-hydrogen) atoms. The molecule has 178 valence electrons. The van der Waals surface area contributed by atoms with Gasteiger partial charge in [-0.3, -0.25) is 4.79 Å². The lowest BCUT2D eigenvalue weighted by Gasteiger charge is -2.19. The van der Waals surface area contributed by atoms with Gasteiger partial charge in [0, 0.05) is 11.7 Å². The molecule has 0 atom stereocenters. The Kier molecular flexibility index (Phi) is 7.12. The Morgan fingerprint density at radius 3 is 2.41 bits per heavy atom. The van der Waals surface area contributed by atoms with Crippen molar-refractivity contribution in [3.8, 4) is 0 Å². The molecule has 3 aromatic heterocycles. The summed E-state index contributed by atoms with van der Waals surface area (Å²) in [4.78, 5) is 40.2. The van der Waals surface area contributed by atoms with Crippen molar-refractivity contribution in [2.45, 2.75) is 46.5 Å². The molecule has 0 bridgehead atoms. The highest BCUT2D eigenvalue weighted by molar-refractivity contribution is 6.15. The van der Waals surface area contributed by atoms with E-state index in [9.17, 15) is 14.4 Å². The largest absolute Gasteiger partial charge is 0.423 e. The second-order valence-corrected chi connectivity index (χ2v) is 8.44. The summed E-state index contributed by atoms with van der Waals surface area (Å²) < 4.78 is 12.6. The molecule has 7 heteroatoms. The fraction of sp³-hybridized carbons (Fsp3) is 0.370. The van der Waals surface area contributed by atoms with E-state index in [1.54, 1.807) is 12.1 Å². The van der Waals surface area contributed by atoms with Gasteiger partial charge >= 0.3 is 11.3 Å². The molecule has 0 aliphatic rings. The van der Waals surface area contributed by atoms with Gasteiger partial charge in [-0.1, -0.05) is 32.9 Å². The first-order valence-electron chi connectivity index (χ1n) is 11.9. The molecule has 0 spiro atoms. The van der Waals surface area contributed by atoms with E-state index in [-0.39, 0.29) is 22.5 Å². The zero-order chi connectivity index (χ0) is 24.2. The molecular formula is C27H30N2O5. The number of hydrogen-bond acceptors (Lipinski definition) is 6. The molecule has 0 fully saturated rings. The van der Waals surface area contributed by atoms with Gasteiger partial charge in [0.1, 0.15) is 0 Å². The highest BCUT2D eigenvalue weighted by Crippen LogP contribution is 2.27. The van der Waals surface area contributed by atoms with E-state index in [1.807, 2.05) is 41.8 Å². The summed E-state index contributed by atoms with van der Waals surface area (Å²) in [5.41, 5.74) is 1.28. The van der Waals surface area contributed by atoms with Gasteiger partial charge in [0.2, 0.25) is 5.78 Å². The molecule has 0 aliphatic heterocycles. The van der Waals surface area contributed by atoms with Gasteiger partial charge in [-0.15, -0.1) is 0 Å². The topological polar surface area (TPSA) is 85.1 Å². The Morgan fingerprint density at radius 1 is 0.941 bits per heavy atom. The van der Waals surface area contributed by atoms with Gasteiger partial charge < -0.3 is 18.1 Å². The number of benzene rings is 1. The number of aromatic nitrogens is 1. The highest BCUT2D eigenvalue weighted by atomic mass is 16.5. The summed E-state index contributed by atoms with van der Waals surface area (Å²) in [5, 5.41) is 0. The predicted molar refractivity (Wildman–Crippen MR) is 132 cm³/mol. The molecule has 0 saturated carbocycles. The monoisotopic (exact) mass is 462 g/mol. The van der Waals surface area contributed by atoms with Crippen LogP contribution in [0.2, 0.25) is 0 Å². The van der Waals surface area contributed by atoms with Gasteiger partial charge in [-0.2, -0.15) is 0 Å². The Labute approximate surface area is 197 Å². The van der Waals surface area contributed by atoms with Gasteiger partial charge in [-0.05, 0) is 80.7 Å². The van der Waals surface area contributed by atoms with E-state index in [4.69, 9.17) is 8.83 Å². The molecule has 3 heterocycles. The molecule has 4 aromatic rings. The quantitative estimate of drug-likeness (QED) is 0.256. The van der Waals surface area contributed by atoms with Crippen molar-refractivity contribution in [1.29, 1.82) is 0 Å². The zero-order valence-corrected chi connectivity index (χ0v) is 19.9. The van der Waals surface area contributed by atoms with E-state index in [2.05, 4.69) is 18.7 Å². The number of ketones is 1. The molecule has 4 rings (SSSR count). The van der Waals surface area contributed by atoms with Crippen molar-refractivity contribution < 1.29 is 13.6 Å². The normalized spacial score (nSPS) is 11.6. The first-order valence-corrected chi connectivity index (χ1v) is 11.9. The second kappa shape index (κ2) is 10.2. The molecular weight excluding hydrogens is 432 g/mol. The van der Waals surface area contributed by atoms with Crippen molar-refractivity contribution in [3.05, 3.63) is 85.8 Å². The van der Waals surface area contributed by atoms with Crippen LogP contribution in [-0.2, 0) is 12.8 Å². The third kappa shape index (κ3) is 4.48. The number of aryl methyl sites for hydroxylation is 2. The van der Waals surface area contributed by atoms with Gasteiger partial charge in [0.15, 0.2) is 11.2 Å². The molecule has 0 saturated heterocycles. The molecule has 7 nitrogen and oxygen atoms in total. The third-order valence-corrected chi connectivity index (χ3v) is 6.26. The molecule has 0 unspecified atom stereocenters. The summed E-state index contributed by atoms with van der Waals surface area (Å²) in [5.74, 6) is -0.281. The van der Waals surface area contributed by atoms with Crippen molar-refractivity contribution in [2.75, 3.05) is 19.6 Å². The smallest absolute Gasteiger partial charge is 0.414 e. The van der Waals surface area contributed by atoms with Crippen LogP contribution < -0.4 is 11.3 Å². The van der Waals surface area contributed by atoms with Crippen LogP contribution >= 0.6 is 0 Å². The van der Waals surface area contributed by atoms with Crippen molar-refractivity contribution >= 4 is 22.5 Å². The van der Waals surface area contributed by atoms with Crippen LogP contribution in [0.3, 0.4) is 0 Å². The maximum Gasteiger partial charge on any atom is 0.423 e. The number of carbonyl (C=O) groups is 1. The van der Waals surface area contributed by atoms with E-state index < -0.39 is 11.3 Å². The molecule has 0 amide bonds. The fourth-order valence-corrected chi connectivity index (χ4v) is 4.53. The first kappa shape index (κ1) is 23.7. The van der Waals surface area contributed by atoms with E-state index in [0.29, 0.717) is 18.5 Å². The van der Waals surface area contributed by atoms with Gasteiger partial charge in [0.25, 0.3) is 0 Å². The van der Waals surface area contributed by atoms with Crippen LogP contribution in [0.1, 0.15) is 60.8 Å². The van der Waals surface area contributed by atoms with Crippen LogP contribution in [0.25, 0.3) is 16.7 Å². The molecule has 0 N–H and O–H groups in total. The van der Waals surface area contributed by atoms with E-state index in [1.165, 1.54) is 0 Å². The lowest BCUT2D eigenvalue weighted by atomic mass is 9.99. The maximum atomic E-state index is 13.7. The maximum absolute atomic E-state index is 13.7. The lowest BCUT2D eigenvalue weighted by Crippen LogP contribution is -2.25. The van der Waals surface area contributed by atoms with Crippen LogP contribution in [0.5, 0.6) is 0 Å². The molecule has 0 aliphatic carbocycles. The van der Waals surface area contributed by atoms with Crippen LogP contribution in [0.4, 0.5) is 0 Å². The Morgan fingerprint density at radius 2 is 1.71 bits per heavy atom. The van der Waals surface area contributed by atoms with E-state index >= 15 is 0 Å². The van der Waals surface area contributed by atoms with E-state index in [0.717, 1.165) is 49.1 Å². The summed E-state index contributed by atoms with van der Waals surface area (Å²) >= 11 is 0. The van der Waals surface area contributed by atoms with Crippen molar-refractivity contribution in [3.63, 3.8) is 0 Å². The minimum atomic E-state index is -1.12. The number of pyridine rings is 1. The number of nitrogens with zero attached hydrogens (tertiary/aromatic N) is 2. The van der Waals surface area contributed by atoms with Crippen LogP contribution in [0, 0.1) is 0 Å². The summed E-state index contributed by atoms with van der Waals surface area (Å²) in [6.07, 6.45) is 5.08. The predicted octanol–water partition coefficient (Wildman–Crippen LogP) is 4.46. The highest BCUT2D eigenvalue weighted by Gasteiger charge is 2.24. The standard InChI is InChI=1S/C27H30N2O5/c1-4-14-28(6-3)15-9-10-19-12-13-21(25-24(19)33-26(31)27(32)34-25)23(30)22-18(5-2)17-20-11-7-8-16-29(20)22/h7-8,11-13,16-17H,4-6,9-10,14-15H2,1-3H3. The van der Waals surface area contributed by atoms with Crippen LogP contribution in [0.15, 0.2) is 61.0 Å². The van der Waals surface area contributed by atoms with Crippen LogP contribution in [-0.4, -0.2) is 34.7 Å². The number of rotatable bonds is 10. The summed E-state index contributed by atoms with van der Waals surface area (Å²) in [6, 6.07) is 11.2. The number of carbonyl (C=O) groups excluding carboxylic acids is 1. The Bertz CT molecular complexity index is 1440. The minimum absolute atomic E-state index is 0.0286. The third-order valence-electron chi connectivity index (χ3n) is 6.26. The SMILES string of the molecule is CCCN(CC)CCCc1ccc(C(=O)c2c(CC)cc3ccccn23)c2oc(=O)c(=O)oc12. The average Bonchev–Trinajstić information content (AvgIpc) is 3.22. The Balaban J connectivity index is 1.77. The van der Waals surface area contributed by atoms with Gasteiger partial charge in [0.05, 0.1) is 11.3 Å². The van der Waals surface area contributed by atoms with Gasteiger partial charge in [-0.25, -0.2) is 9.59 Å². The lowest BCUT2D eigenvalue weighted by molar-refractivity contribution is 0.103. The number of hydrogen-bond donors (Lipinski definition) is 0. The fourth-order valence-electron chi connectivity index (χ4n) is 4.53. The minimum Gasteiger partial charge on any atom is -0.414 e. The second-order valence-electron chi connectivity index (χ2n) is 8.44. The summed E-state index contributed by atoms with van der Waals surface area (Å²) in [6.45, 7) is 9.18.